The van der Waals surface area contributed by atoms with Crippen molar-refractivity contribution in [2.45, 2.75) is 91.6 Å². The number of carbonyl (C=O) groups excluding carboxylic acids is 2. The van der Waals surface area contributed by atoms with Crippen LogP contribution in [0.1, 0.15) is 77.3 Å². The van der Waals surface area contributed by atoms with Crippen LogP contribution >= 0.6 is 0 Å². The quantitative estimate of drug-likeness (QED) is 0.241. The van der Waals surface area contributed by atoms with Crippen LogP contribution in [0.4, 0.5) is 10.2 Å². The Morgan fingerprint density at radius 3 is 2.56 bits per heavy atom. The molecule has 3 atom stereocenters. The Kier molecular flexibility index (Phi) is 7.87. The maximum absolute atomic E-state index is 13.8. The standard InChI is InChI=1S/C29H38FN5O6/c1-15-9-16(2)21(17(10-15)40-25(38)27(3,4)5)28(6,7)12-20(37)39-13-29(8)18(36)11-19(41-29)35-14-32-22-23(31)33-26(30)34-24(22)35/h9-10,14,18-19,36H,11-13H2,1-8H3,(H2,31,33,34)/t18-,19+,29+/m0/s1. The summed E-state index contributed by atoms with van der Waals surface area (Å²) in [6.07, 6.45) is -1.26. The molecule has 0 aliphatic carbocycles. The molecular formula is C29H38FN5O6. The van der Waals surface area contributed by atoms with E-state index in [2.05, 4.69) is 15.0 Å². The molecule has 1 fully saturated rings. The Morgan fingerprint density at radius 2 is 1.90 bits per heavy atom. The highest BCUT2D eigenvalue weighted by atomic mass is 19.1. The molecule has 222 valence electrons. The van der Waals surface area contributed by atoms with Gasteiger partial charge in [-0.2, -0.15) is 14.4 Å². The van der Waals surface area contributed by atoms with Crippen molar-refractivity contribution in [3.63, 3.8) is 0 Å². The number of nitrogen functional groups attached to an aromatic ring is 1. The highest BCUT2D eigenvalue weighted by Crippen LogP contribution is 2.41. The van der Waals surface area contributed by atoms with Gasteiger partial charge < -0.3 is 25.1 Å². The van der Waals surface area contributed by atoms with E-state index in [1.807, 2.05) is 33.8 Å². The van der Waals surface area contributed by atoms with Crippen molar-refractivity contribution >= 4 is 28.9 Å². The number of aryl methyl sites for hydroxylation is 2. The number of halogens is 1. The normalized spacial score (nSPS) is 21.3. The van der Waals surface area contributed by atoms with E-state index in [4.69, 9.17) is 19.9 Å². The van der Waals surface area contributed by atoms with E-state index in [0.29, 0.717) is 5.75 Å². The molecule has 11 nitrogen and oxygen atoms in total. The second-order valence-corrected chi connectivity index (χ2v) is 12.7. The number of rotatable bonds is 7. The van der Waals surface area contributed by atoms with Gasteiger partial charge in [0.2, 0.25) is 0 Å². The SMILES string of the molecule is Cc1cc(C)c(C(C)(C)CC(=O)OC[C@@]2(C)O[C@@H](n3cnc4c(N)nc(F)nc43)C[C@@H]2O)c(OC(=O)C(C)(C)C)c1. The lowest BCUT2D eigenvalue weighted by atomic mass is 9.78. The molecule has 41 heavy (non-hydrogen) atoms. The molecule has 2 aromatic heterocycles. The van der Waals surface area contributed by atoms with Crippen molar-refractivity contribution in [1.82, 2.24) is 19.5 Å². The molecular weight excluding hydrogens is 533 g/mol. The van der Waals surface area contributed by atoms with Gasteiger partial charge in [-0.1, -0.05) is 19.9 Å². The number of imidazole rings is 1. The molecule has 0 saturated carbocycles. The Morgan fingerprint density at radius 1 is 1.22 bits per heavy atom. The lowest BCUT2D eigenvalue weighted by Gasteiger charge is -2.31. The Labute approximate surface area is 238 Å². The summed E-state index contributed by atoms with van der Waals surface area (Å²) in [5, 5.41) is 10.8. The van der Waals surface area contributed by atoms with Gasteiger partial charge in [0.15, 0.2) is 17.0 Å². The van der Waals surface area contributed by atoms with E-state index in [9.17, 15) is 19.1 Å². The minimum absolute atomic E-state index is 0.0196. The lowest BCUT2D eigenvalue weighted by molar-refractivity contribution is -0.163. The van der Waals surface area contributed by atoms with E-state index in [0.717, 1.165) is 16.7 Å². The van der Waals surface area contributed by atoms with Crippen molar-refractivity contribution in [1.29, 1.82) is 0 Å². The van der Waals surface area contributed by atoms with E-state index >= 15 is 0 Å². The van der Waals surface area contributed by atoms with Crippen LogP contribution in [0.2, 0.25) is 0 Å². The van der Waals surface area contributed by atoms with Crippen LogP contribution in [0.5, 0.6) is 5.75 Å². The number of fused-ring (bicyclic) bond motifs is 1. The van der Waals surface area contributed by atoms with Crippen molar-refractivity contribution in [3.05, 3.63) is 41.2 Å². The number of aromatic nitrogens is 4. The highest BCUT2D eigenvalue weighted by molar-refractivity contribution is 5.81. The first-order valence-electron chi connectivity index (χ1n) is 13.4. The van der Waals surface area contributed by atoms with Gasteiger partial charge in [0.05, 0.1) is 24.3 Å². The monoisotopic (exact) mass is 571 g/mol. The molecule has 1 aliphatic rings. The van der Waals surface area contributed by atoms with Gasteiger partial charge in [0.1, 0.15) is 24.2 Å². The number of nitrogens with two attached hydrogens (primary N) is 1. The van der Waals surface area contributed by atoms with Crippen molar-refractivity contribution in [2.24, 2.45) is 5.41 Å². The molecule has 3 heterocycles. The van der Waals surface area contributed by atoms with Gasteiger partial charge in [-0.3, -0.25) is 14.2 Å². The molecule has 0 unspecified atom stereocenters. The number of benzene rings is 1. The number of anilines is 1. The molecule has 1 aromatic carbocycles. The predicted molar refractivity (Wildman–Crippen MR) is 148 cm³/mol. The van der Waals surface area contributed by atoms with Crippen LogP contribution in [-0.4, -0.2) is 54.9 Å². The summed E-state index contributed by atoms with van der Waals surface area (Å²) in [5.74, 6) is -0.582. The number of ether oxygens (including phenoxy) is 3. The fourth-order valence-electron chi connectivity index (χ4n) is 5.15. The van der Waals surface area contributed by atoms with Gasteiger partial charge in [-0.15, -0.1) is 0 Å². The second-order valence-electron chi connectivity index (χ2n) is 12.7. The predicted octanol–water partition coefficient (Wildman–Crippen LogP) is 4.07. The van der Waals surface area contributed by atoms with E-state index in [-0.39, 0.29) is 42.4 Å². The summed E-state index contributed by atoms with van der Waals surface area (Å²) in [7, 11) is 0. The first-order valence-corrected chi connectivity index (χ1v) is 13.4. The summed E-state index contributed by atoms with van der Waals surface area (Å²) < 4.78 is 32.8. The topological polar surface area (TPSA) is 152 Å². The summed E-state index contributed by atoms with van der Waals surface area (Å²) in [5.41, 5.74) is 5.95. The third-order valence-electron chi connectivity index (χ3n) is 7.31. The Bertz CT molecular complexity index is 1500. The average Bonchev–Trinajstić information content (AvgIpc) is 3.37. The maximum Gasteiger partial charge on any atom is 0.316 e. The van der Waals surface area contributed by atoms with E-state index < -0.39 is 40.8 Å². The van der Waals surface area contributed by atoms with E-state index in [1.54, 1.807) is 33.8 Å². The number of aliphatic hydroxyl groups excluding tert-OH is 1. The smallest absolute Gasteiger partial charge is 0.316 e. The first-order chi connectivity index (χ1) is 18.9. The molecule has 1 aliphatic heterocycles. The second kappa shape index (κ2) is 10.6. The number of nitrogens with zero attached hydrogens (tertiary/aromatic N) is 4. The zero-order valence-electron chi connectivity index (χ0n) is 24.7. The summed E-state index contributed by atoms with van der Waals surface area (Å²) >= 11 is 0. The number of aliphatic hydroxyl groups is 1. The summed E-state index contributed by atoms with van der Waals surface area (Å²) in [6.45, 7) is 14.3. The lowest BCUT2D eigenvalue weighted by Crippen LogP contribution is -2.42. The summed E-state index contributed by atoms with van der Waals surface area (Å²) in [6, 6.07) is 3.78. The largest absolute Gasteiger partial charge is 0.462 e. The van der Waals surface area contributed by atoms with Crippen molar-refractivity contribution in [2.75, 3.05) is 12.3 Å². The summed E-state index contributed by atoms with van der Waals surface area (Å²) in [4.78, 5) is 37.2. The Balaban J connectivity index is 1.48. The molecule has 3 aromatic rings. The Hall–Kier alpha value is -3.64. The van der Waals surface area contributed by atoms with Crippen molar-refractivity contribution < 1.29 is 33.3 Å². The third kappa shape index (κ3) is 6.18. The van der Waals surface area contributed by atoms with Crippen LogP contribution in [-0.2, 0) is 24.5 Å². The van der Waals surface area contributed by atoms with Gasteiger partial charge in [0, 0.05) is 17.4 Å². The average molecular weight is 572 g/mol. The van der Waals surface area contributed by atoms with Crippen LogP contribution in [0.15, 0.2) is 18.5 Å². The zero-order chi connectivity index (χ0) is 30.5. The van der Waals surface area contributed by atoms with Crippen LogP contribution in [0.3, 0.4) is 0 Å². The van der Waals surface area contributed by atoms with Crippen molar-refractivity contribution in [3.8, 4) is 5.75 Å². The fourth-order valence-corrected chi connectivity index (χ4v) is 5.15. The van der Waals surface area contributed by atoms with Gasteiger partial charge >= 0.3 is 18.0 Å². The van der Waals surface area contributed by atoms with Gasteiger partial charge in [-0.05, 0) is 58.7 Å². The van der Waals surface area contributed by atoms with Crippen LogP contribution in [0, 0.1) is 25.3 Å². The van der Waals surface area contributed by atoms with E-state index in [1.165, 1.54) is 10.9 Å². The molecule has 3 N–H and O–H groups in total. The highest BCUT2D eigenvalue weighted by Gasteiger charge is 2.47. The van der Waals surface area contributed by atoms with Gasteiger partial charge in [-0.25, -0.2) is 4.98 Å². The number of hydrogen-bond donors (Lipinski definition) is 2. The minimum Gasteiger partial charge on any atom is -0.462 e. The van der Waals surface area contributed by atoms with Gasteiger partial charge in [0.25, 0.3) is 0 Å². The number of hydrogen-bond acceptors (Lipinski definition) is 10. The number of carbonyl (C=O) groups is 2. The van der Waals surface area contributed by atoms with Crippen LogP contribution in [0.25, 0.3) is 11.2 Å². The fraction of sp³-hybridized carbons (Fsp3) is 0.552. The molecule has 0 spiro atoms. The molecule has 0 amide bonds. The third-order valence-corrected chi connectivity index (χ3v) is 7.31. The number of esters is 2. The maximum atomic E-state index is 13.8. The first kappa shape index (κ1) is 30.3. The minimum atomic E-state index is -1.24. The molecule has 0 radical (unpaired) electrons. The van der Waals surface area contributed by atoms with Crippen LogP contribution < -0.4 is 10.5 Å². The molecule has 4 rings (SSSR count). The molecule has 0 bridgehead atoms. The molecule has 12 heteroatoms. The zero-order valence-corrected chi connectivity index (χ0v) is 24.7. The molecule has 1 saturated heterocycles.